The number of allylic oxidation sites excluding steroid dienone is 1. The van der Waals surface area contributed by atoms with Crippen molar-refractivity contribution < 1.29 is 0 Å². The molecule has 1 aromatic carbocycles. The Morgan fingerprint density at radius 1 is 1.17 bits per heavy atom. The van der Waals surface area contributed by atoms with E-state index in [4.69, 9.17) is 0 Å². The van der Waals surface area contributed by atoms with E-state index >= 15 is 0 Å². The van der Waals surface area contributed by atoms with Crippen molar-refractivity contribution in [3.63, 3.8) is 0 Å². The zero-order valence-electron chi connectivity index (χ0n) is 7.04. The summed E-state index contributed by atoms with van der Waals surface area (Å²) < 4.78 is 0. The zero-order chi connectivity index (χ0) is 8.65. The smallest absolute Gasteiger partial charge is 0.0302 e. The van der Waals surface area contributed by atoms with E-state index in [9.17, 15) is 0 Å². The van der Waals surface area contributed by atoms with Crippen LogP contribution in [0.1, 0.15) is 12.5 Å². The monoisotopic (exact) mass is 154 g/mol. The van der Waals surface area contributed by atoms with Gasteiger partial charge >= 0.3 is 0 Å². The standard InChI is InChI=1S/C12H10/c1-2-3-4-6-9-12-10-7-5-8-11-12/h2,4-5,7-8,10-11H,1H3. The molecular weight excluding hydrogens is 144 g/mol. The van der Waals surface area contributed by atoms with Crippen molar-refractivity contribution in [2.45, 2.75) is 6.92 Å². The summed E-state index contributed by atoms with van der Waals surface area (Å²) in [5.41, 5.74) is 3.93. The summed E-state index contributed by atoms with van der Waals surface area (Å²) in [4.78, 5) is 0. The predicted octanol–water partition coefficient (Wildman–Crippen LogP) is 2.77. The third-order valence-corrected chi connectivity index (χ3v) is 1.31. The first-order chi connectivity index (χ1) is 5.93. The van der Waals surface area contributed by atoms with E-state index in [1.165, 1.54) is 0 Å². The first-order valence-electron chi connectivity index (χ1n) is 3.85. The molecule has 0 atom stereocenters. The van der Waals surface area contributed by atoms with Gasteiger partial charge in [-0.05, 0) is 25.1 Å². The molecule has 0 nitrogen and oxygen atoms in total. The van der Waals surface area contributed by atoms with Crippen LogP contribution in [0.2, 0.25) is 0 Å². The van der Waals surface area contributed by atoms with Gasteiger partial charge in [0, 0.05) is 11.6 Å². The van der Waals surface area contributed by atoms with E-state index in [1.807, 2.05) is 43.3 Å². The van der Waals surface area contributed by atoms with Crippen LogP contribution < -0.4 is 0 Å². The van der Waals surface area contributed by atoms with Crippen molar-refractivity contribution in [2.75, 3.05) is 0 Å². The summed E-state index contributed by atoms with van der Waals surface area (Å²) in [6.07, 6.45) is 3.55. The van der Waals surface area contributed by atoms with E-state index in [0.717, 1.165) is 5.56 Å². The van der Waals surface area contributed by atoms with E-state index in [-0.39, 0.29) is 0 Å². The third-order valence-electron chi connectivity index (χ3n) is 1.31. The van der Waals surface area contributed by atoms with Gasteiger partial charge in [-0.3, -0.25) is 0 Å². The van der Waals surface area contributed by atoms with Crippen molar-refractivity contribution in [3.05, 3.63) is 53.8 Å². The third kappa shape index (κ3) is 2.92. The molecule has 1 rings (SSSR count). The van der Waals surface area contributed by atoms with E-state index in [2.05, 4.69) is 17.6 Å². The molecule has 0 saturated carbocycles. The molecule has 0 amide bonds. The Hall–Kier alpha value is -1.70. The van der Waals surface area contributed by atoms with Crippen LogP contribution in [0.5, 0.6) is 0 Å². The summed E-state index contributed by atoms with van der Waals surface area (Å²) in [5, 5.41) is 0. The van der Waals surface area contributed by atoms with Gasteiger partial charge in [0.1, 0.15) is 0 Å². The van der Waals surface area contributed by atoms with Gasteiger partial charge in [0.25, 0.3) is 0 Å². The molecule has 0 aliphatic carbocycles. The molecule has 0 unspecified atom stereocenters. The normalized spacial score (nSPS) is 7.42. The molecule has 0 heteroatoms. The van der Waals surface area contributed by atoms with E-state index < -0.39 is 0 Å². The van der Waals surface area contributed by atoms with Gasteiger partial charge in [-0.2, -0.15) is 0 Å². The minimum absolute atomic E-state index is 1.03. The molecule has 0 aromatic heterocycles. The van der Waals surface area contributed by atoms with Gasteiger partial charge in [0.15, 0.2) is 0 Å². The summed E-state index contributed by atoms with van der Waals surface area (Å²) in [7, 11) is 0. The predicted molar refractivity (Wildman–Crippen MR) is 51.6 cm³/mol. The topological polar surface area (TPSA) is 0 Å². The molecule has 0 aliphatic rings. The highest BCUT2D eigenvalue weighted by atomic mass is 13.8. The Kier molecular flexibility index (Phi) is 3.51. The van der Waals surface area contributed by atoms with Gasteiger partial charge in [-0.15, -0.1) is 5.73 Å². The number of rotatable bonds is 0. The molecule has 0 N–H and O–H groups in total. The Morgan fingerprint density at radius 2 is 1.92 bits per heavy atom. The van der Waals surface area contributed by atoms with Crippen molar-refractivity contribution in [1.29, 1.82) is 0 Å². The highest BCUT2D eigenvalue weighted by Gasteiger charge is 1.78. The number of hydrogen-bond donors (Lipinski definition) is 0. The quantitative estimate of drug-likeness (QED) is 0.398. The Bertz CT molecular complexity index is 341. The van der Waals surface area contributed by atoms with Crippen molar-refractivity contribution >= 4 is 0 Å². The van der Waals surface area contributed by atoms with Gasteiger partial charge < -0.3 is 0 Å². The molecule has 0 heterocycles. The van der Waals surface area contributed by atoms with Crippen LogP contribution in [-0.2, 0) is 0 Å². The van der Waals surface area contributed by atoms with Crippen LogP contribution in [0, 0.1) is 11.8 Å². The molecule has 12 heavy (non-hydrogen) atoms. The number of hydrogen-bond acceptors (Lipinski definition) is 0. The lowest BCUT2D eigenvalue weighted by Gasteiger charge is -1.83. The highest BCUT2D eigenvalue weighted by Crippen LogP contribution is 1.94. The number of benzene rings is 1. The fourth-order valence-electron chi connectivity index (χ4n) is 0.766. The Labute approximate surface area is 73.2 Å². The van der Waals surface area contributed by atoms with Crippen LogP contribution in [0.3, 0.4) is 0 Å². The van der Waals surface area contributed by atoms with Crippen molar-refractivity contribution in [3.8, 4) is 11.8 Å². The Morgan fingerprint density at radius 3 is 2.58 bits per heavy atom. The van der Waals surface area contributed by atoms with Crippen LogP contribution in [0.15, 0.2) is 48.2 Å². The average Bonchev–Trinajstić information content (AvgIpc) is 2.14. The maximum absolute atomic E-state index is 2.99. The summed E-state index contributed by atoms with van der Waals surface area (Å²) in [6, 6.07) is 9.90. The fraction of sp³-hybridized carbons (Fsp3) is 0.0833. The van der Waals surface area contributed by atoms with Crippen LogP contribution >= 0.6 is 0 Å². The first-order valence-corrected chi connectivity index (χ1v) is 3.85. The lowest BCUT2D eigenvalue weighted by atomic mass is 10.2. The van der Waals surface area contributed by atoms with E-state index in [1.54, 1.807) is 6.08 Å². The minimum atomic E-state index is 1.03. The molecule has 0 bridgehead atoms. The summed E-state index contributed by atoms with van der Waals surface area (Å²) in [5.74, 6) is 5.88. The minimum Gasteiger partial charge on any atom is -0.116 e. The first kappa shape index (κ1) is 8.40. The second kappa shape index (κ2) is 5.02. The average molecular weight is 154 g/mol. The van der Waals surface area contributed by atoms with Crippen LogP contribution in [0.25, 0.3) is 0 Å². The van der Waals surface area contributed by atoms with E-state index in [0.29, 0.717) is 0 Å². The maximum Gasteiger partial charge on any atom is 0.0302 e. The van der Waals surface area contributed by atoms with Crippen molar-refractivity contribution in [1.82, 2.24) is 0 Å². The molecule has 58 valence electrons. The maximum atomic E-state index is 2.99. The second-order valence-electron chi connectivity index (χ2n) is 2.24. The fourth-order valence-corrected chi connectivity index (χ4v) is 0.766. The largest absolute Gasteiger partial charge is 0.116 e. The molecule has 0 fully saturated rings. The summed E-state index contributed by atoms with van der Waals surface area (Å²) >= 11 is 0. The molecule has 0 radical (unpaired) electrons. The van der Waals surface area contributed by atoms with Gasteiger partial charge in [-0.1, -0.05) is 30.0 Å². The van der Waals surface area contributed by atoms with Crippen molar-refractivity contribution in [2.24, 2.45) is 0 Å². The molecule has 1 aromatic rings. The lowest BCUT2D eigenvalue weighted by Crippen LogP contribution is -1.68. The lowest BCUT2D eigenvalue weighted by molar-refractivity contribution is 1.65. The zero-order valence-corrected chi connectivity index (χ0v) is 7.04. The SMILES string of the molecule is CC=C=CC#Cc1ccccc1. The second-order valence-corrected chi connectivity index (χ2v) is 2.24. The molecular formula is C12H10. The Balaban J connectivity index is 2.74. The van der Waals surface area contributed by atoms with Crippen LogP contribution in [0.4, 0.5) is 0 Å². The van der Waals surface area contributed by atoms with Gasteiger partial charge in [-0.25, -0.2) is 0 Å². The summed E-state index contributed by atoms with van der Waals surface area (Å²) in [6.45, 7) is 1.92. The van der Waals surface area contributed by atoms with Gasteiger partial charge in [0.05, 0.1) is 0 Å². The van der Waals surface area contributed by atoms with Crippen LogP contribution in [-0.4, -0.2) is 0 Å². The highest BCUT2D eigenvalue weighted by molar-refractivity contribution is 5.36. The molecule has 0 aliphatic heterocycles. The molecule has 0 spiro atoms. The molecule has 0 saturated heterocycles. The van der Waals surface area contributed by atoms with Gasteiger partial charge in [0.2, 0.25) is 0 Å².